The van der Waals surface area contributed by atoms with Gasteiger partial charge in [-0.05, 0) is 44.0 Å². The van der Waals surface area contributed by atoms with Crippen molar-refractivity contribution >= 4 is 5.97 Å². The van der Waals surface area contributed by atoms with Crippen LogP contribution in [0.2, 0.25) is 0 Å². The van der Waals surface area contributed by atoms with Gasteiger partial charge in [0.15, 0.2) is 0 Å². The topological polar surface area (TPSA) is 72.3 Å². The summed E-state index contributed by atoms with van der Waals surface area (Å²) < 4.78 is 5.67. The molecule has 5 heteroatoms. The second-order valence-corrected chi connectivity index (χ2v) is 4.48. The smallest absolute Gasteiger partial charge is 0.335 e. The van der Waals surface area contributed by atoms with Gasteiger partial charge >= 0.3 is 5.97 Å². The van der Waals surface area contributed by atoms with E-state index in [1.54, 1.807) is 25.1 Å². The first-order chi connectivity index (χ1) is 9.49. The maximum atomic E-state index is 11.0. The molecular weight excluding hydrogens is 256 g/mol. The van der Waals surface area contributed by atoms with E-state index in [-0.39, 0.29) is 5.56 Å². The Morgan fingerprint density at radius 2 is 2.00 bits per heavy atom. The molecule has 104 valence electrons. The predicted octanol–water partition coefficient (Wildman–Crippen LogP) is 3.15. The Bertz CT molecular complexity index is 654. The molecule has 5 nitrogen and oxygen atoms in total. The molecular formula is C15H16N2O3. The van der Waals surface area contributed by atoms with E-state index in [1.807, 2.05) is 13.8 Å². The normalized spacial score (nSPS) is 10.3. The van der Waals surface area contributed by atoms with Gasteiger partial charge in [0.1, 0.15) is 11.6 Å². The lowest BCUT2D eigenvalue weighted by atomic mass is 10.1. The van der Waals surface area contributed by atoms with E-state index in [2.05, 4.69) is 9.97 Å². The third kappa shape index (κ3) is 3.12. The Kier molecular flexibility index (Phi) is 3.98. The fourth-order valence-corrected chi connectivity index (χ4v) is 1.89. The number of aryl methyl sites for hydroxylation is 3. The van der Waals surface area contributed by atoms with Crippen LogP contribution in [0.5, 0.6) is 11.6 Å². The van der Waals surface area contributed by atoms with Crippen molar-refractivity contribution in [2.75, 3.05) is 0 Å². The highest BCUT2D eigenvalue weighted by atomic mass is 16.5. The molecule has 0 aliphatic rings. The minimum absolute atomic E-state index is 0.269. The van der Waals surface area contributed by atoms with Crippen LogP contribution >= 0.6 is 0 Å². The highest BCUT2D eigenvalue weighted by Gasteiger charge is 2.09. The zero-order chi connectivity index (χ0) is 14.7. The van der Waals surface area contributed by atoms with Gasteiger partial charge in [0.05, 0.1) is 5.56 Å². The number of carbonyl (C=O) groups is 1. The predicted molar refractivity (Wildman–Crippen MR) is 74.4 cm³/mol. The van der Waals surface area contributed by atoms with Crippen LogP contribution in [0.25, 0.3) is 0 Å². The summed E-state index contributed by atoms with van der Waals surface area (Å²) in [5, 5.41) is 8.99. The van der Waals surface area contributed by atoms with Crippen LogP contribution in [0.1, 0.15) is 34.4 Å². The molecule has 0 radical (unpaired) electrons. The van der Waals surface area contributed by atoms with E-state index in [9.17, 15) is 4.79 Å². The van der Waals surface area contributed by atoms with Crippen LogP contribution in [0.15, 0.2) is 24.3 Å². The molecule has 2 rings (SSSR count). The molecule has 1 heterocycles. The van der Waals surface area contributed by atoms with E-state index in [1.165, 1.54) is 6.07 Å². The van der Waals surface area contributed by atoms with Crippen molar-refractivity contribution in [3.8, 4) is 11.6 Å². The van der Waals surface area contributed by atoms with Crippen molar-refractivity contribution in [2.45, 2.75) is 27.2 Å². The number of carboxylic acids is 1. The van der Waals surface area contributed by atoms with Gasteiger partial charge in [-0.3, -0.25) is 0 Å². The zero-order valence-electron chi connectivity index (χ0n) is 11.7. The fraction of sp³-hybridized carbons (Fsp3) is 0.267. The molecule has 0 atom stereocenters. The van der Waals surface area contributed by atoms with Crippen molar-refractivity contribution in [3.05, 3.63) is 46.9 Å². The number of ether oxygens (including phenoxy) is 1. The Labute approximate surface area is 117 Å². The number of aromatic nitrogens is 2. The number of benzene rings is 1. The van der Waals surface area contributed by atoms with E-state index in [4.69, 9.17) is 9.84 Å². The minimum Gasteiger partial charge on any atom is -0.478 e. The quantitative estimate of drug-likeness (QED) is 0.925. The van der Waals surface area contributed by atoms with E-state index >= 15 is 0 Å². The molecule has 0 aliphatic heterocycles. The van der Waals surface area contributed by atoms with E-state index in [0.29, 0.717) is 23.0 Å². The SMILES string of the molecule is CCc1cc(Oc2ccc(C(=O)O)c(C)c2)nc(C)n1. The number of rotatable bonds is 4. The fourth-order valence-electron chi connectivity index (χ4n) is 1.89. The van der Waals surface area contributed by atoms with E-state index < -0.39 is 5.97 Å². The molecule has 0 amide bonds. The Morgan fingerprint density at radius 3 is 2.60 bits per heavy atom. The number of nitrogens with zero attached hydrogens (tertiary/aromatic N) is 2. The van der Waals surface area contributed by atoms with Crippen molar-refractivity contribution in [2.24, 2.45) is 0 Å². The zero-order valence-corrected chi connectivity index (χ0v) is 11.7. The second-order valence-electron chi connectivity index (χ2n) is 4.48. The summed E-state index contributed by atoms with van der Waals surface area (Å²) in [6.07, 6.45) is 0.802. The molecule has 0 unspecified atom stereocenters. The van der Waals surface area contributed by atoms with Crippen molar-refractivity contribution in [3.63, 3.8) is 0 Å². The molecule has 0 aliphatic carbocycles. The number of aromatic carboxylic acids is 1. The molecule has 20 heavy (non-hydrogen) atoms. The molecule has 0 fully saturated rings. The van der Waals surface area contributed by atoms with Crippen LogP contribution in [0.3, 0.4) is 0 Å². The molecule has 2 aromatic rings. The largest absolute Gasteiger partial charge is 0.478 e. The highest BCUT2D eigenvalue weighted by molar-refractivity contribution is 5.89. The number of carboxylic acid groups (broad SMARTS) is 1. The van der Waals surface area contributed by atoms with Gasteiger partial charge < -0.3 is 9.84 Å². The highest BCUT2D eigenvalue weighted by Crippen LogP contribution is 2.23. The first-order valence-electron chi connectivity index (χ1n) is 6.36. The summed E-state index contributed by atoms with van der Waals surface area (Å²) >= 11 is 0. The van der Waals surface area contributed by atoms with Gasteiger partial charge in [-0.25, -0.2) is 9.78 Å². The first-order valence-corrected chi connectivity index (χ1v) is 6.36. The second kappa shape index (κ2) is 5.69. The molecule has 0 spiro atoms. The summed E-state index contributed by atoms with van der Waals surface area (Å²) in [7, 11) is 0. The Hall–Kier alpha value is -2.43. The summed E-state index contributed by atoms with van der Waals surface area (Å²) in [5.74, 6) is 0.739. The molecule has 1 aromatic heterocycles. The average Bonchev–Trinajstić information content (AvgIpc) is 2.37. The van der Waals surface area contributed by atoms with Crippen molar-refractivity contribution < 1.29 is 14.6 Å². The standard InChI is InChI=1S/C15H16N2O3/c1-4-11-8-14(17-10(3)16-11)20-12-5-6-13(15(18)19)9(2)7-12/h5-8H,4H2,1-3H3,(H,18,19). The van der Waals surface area contributed by atoms with Crippen LogP contribution in [0, 0.1) is 13.8 Å². The van der Waals surface area contributed by atoms with Crippen LogP contribution in [-0.2, 0) is 6.42 Å². The third-order valence-corrected chi connectivity index (χ3v) is 2.88. The third-order valence-electron chi connectivity index (χ3n) is 2.88. The molecule has 0 bridgehead atoms. The summed E-state index contributed by atoms with van der Waals surface area (Å²) in [4.78, 5) is 19.5. The first kappa shape index (κ1) is 14.0. The summed E-state index contributed by atoms with van der Waals surface area (Å²) in [6, 6.07) is 6.63. The van der Waals surface area contributed by atoms with Gasteiger partial charge in [-0.2, -0.15) is 4.98 Å². The lowest BCUT2D eigenvalue weighted by molar-refractivity contribution is 0.0696. The van der Waals surface area contributed by atoms with Gasteiger partial charge in [0, 0.05) is 11.8 Å². The lowest BCUT2D eigenvalue weighted by Crippen LogP contribution is -2.00. The van der Waals surface area contributed by atoms with Crippen LogP contribution < -0.4 is 4.74 Å². The monoisotopic (exact) mass is 272 g/mol. The van der Waals surface area contributed by atoms with Crippen molar-refractivity contribution in [1.29, 1.82) is 0 Å². The number of hydrogen-bond acceptors (Lipinski definition) is 4. The van der Waals surface area contributed by atoms with Crippen LogP contribution in [0.4, 0.5) is 0 Å². The molecule has 1 N–H and O–H groups in total. The lowest BCUT2D eigenvalue weighted by Gasteiger charge is -2.08. The molecule has 1 aromatic carbocycles. The Morgan fingerprint density at radius 1 is 1.25 bits per heavy atom. The van der Waals surface area contributed by atoms with E-state index in [0.717, 1.165) is 12.1 Å². The van der Waals surface area contributed by atoms with Gasteiger partial charge in [0.25, 0.3) is 0 Å². The van der Waals surface area contributed by atoms with Gasteiger partial charge in [-0.15, -0.1) is 0 Å². The maximum absolute atomic E-state index is 11.0. The Balaban J connectivity index is 2.28. The maximum Gasteiger partial charge on any atom is 0.335 e. The summed E-state index contributed by atoms with van der Waals surface area (Å²) in [6.45, 7) is 5.56. The summed E-state index contributed by atoms with van der Waals surface area (Å²) in [5.41, 5.74) is 1.83. The molecule has 0 saturated heterocycles. The molecule has 0 saturated carbocycles. The van der Waals surface area contributed by atoms with Gasteiger partial charge in [0.2, 0.25) is 5.88 Å². The minimum atomic E-state index is -0.944. The average molecular weight is 272 g/mol. The van der Waals surface area contributed by atoms with Gasteiger partial charge in [-0.1, -0.05) is 6.92 Å². The number of hydrogen-bond donors (Lipinski definition) is 1. The van der Waals surface area contributed by atoms with Crippen molar-refractivity contribution in [1.82, 2.24) is 9.97 Å². The van der Waals surface area contributed by atoms with Crippen LogP contribution in [-0.4, -0.2) is 21.0 Å².